The summed E-state index contributed by atoms with van der Waals surface area (Å²) in [4.78, 5) is 7.06. The van der Waals surface area contributed by atoms with Crippen molar-refractivity contribution in [2.45, 2.75) is 63.6 Å². The minimum absolute atomic E-state index is 0.642. The maximum Gasteiger partial charge on any atom is 0.131 e. The molecule has 0 aliphatic carbocycles. The summed E-state index contributed by atoms with van der Waals surface area (Å²) in [7, 11) is 0. The van der Waals surface area contributed by atoms with Crippen LogP contribution in [0.1, 0.15) is 57.2 Å². The highest BCUT2D eigenvalue weighted by Gasteiger charge is 2.33. The molecule has 3 nitrogen and oxygen atoms in total. The molecule has 3 heteroatoms. The molecular weight excluding hydrogens is 308 g/mol. The van der Waals surface area contributed by atoms with E-state index in [0.717, 1.165) is 24.2 Å². The maximum atomic E-state index is 11.5. The van der Waals surface area contributed by atoms with Gasteiger partial charge in [0.2, 0.25) is 0 Å². The third-order valence-electron chi connectivity index (χ3n) is 5.67. The average Bonchev–Trinajstić information content (AvgIpc) is 2.65. The van der Waals surface area contributed by atoms with E-state index in [1.165, 1.54) is 19.3 Å². The van der Waals surface area contributed by atoms with Gasteiger partial charge in [-0.25, -0.2) is 0 Å². The van der Waals surface area contributed by atoms with Crippen LogP contribution in [0.15, 0.2) is 54.7 Å². The molecule has 1 unspecified atom stereocenters. The zero-order valence-corrected chi connectivity index (χ0v) is 15.4. The first-order chi connectivity index (χ1) is 12.1. The second-order valence-corrected chi connectivity index (χ2v) is 7.41. The van der Waals surface area contributed by atoms with Gasteiger partial charge in [0, 0.05) is 18.3 Å². The van der Waals surface area contributed by atoms with Crippen molar-refractivity contribution in [3.8, 4) is 0 Å². The van der Waals surface area contributed by atoms with E-state index in [1.54, 1.807) is 6.20 Å². The first-order valence-corrected chi connectivity index (χ1v) is 9.56. The van der Waals surface area contributed by atoms with Crippen LogP contribution in [0.25, 0.3) is 0 Å². The molecule has 1 N–H and O–H groups in total. The minimum Gasteiger partial charge on any atom is -0.379 e. The Balaban J connectivity index is 1.75. The van der Waals surface area contributed by atoms with Gasteiger partial charge in [0.25, 0.3) is 0 Å². The number of pyridine rings is 1. The maximum absolute atomic E-state index is 11.5. The van der Waals surface area contributed by atoms with Crippen molar-refractivity contribution in [2.24, 2.45) is 0 Å². The molecule has 3 atom stereocenters. The SMILES string of the molecule is C[C@@H]1CCC[C@H](C)N1CCCC(O)(c1ccccc1)c1ccccn1. The van der Waals surface area contributed by atoms with Gasteiger partial charge in [-0.1, -0.05) is 42.8 Å². The van der Waals surface area contributed by atoms with Gasteiger partial charge in [0.05, 0.1) is 5.69 Å². The summed E-state index contributed by atoms with van der Waals surface area (Å²) in [5.41, 5.74) is 0.638. The third kappa shape index (κ3) is 4.10. The molecule has 1 fully saturated rings. The number of aromatic nitrogens is 1. The Morgan fingerprint density at radius 1 is 1.04 bits per heavy atom. The van der Waals surface area contributed by atoms with Crippen LogP contribution in [-0.4, -0.2) is 33.6 Å². The smallest absolute Gasteiger partial charge is 0.131 e. The lowest BCUT2D eigenvalue weighted by atomic mass is 9.85. The van der Waals surface area contributed by atoms with Crippen molar-refractivity contribution in [2.75, 3.05) is 6.54 Å². The molecule has 1 aliphatic rings. The van der Waals surface area contributed by atoms with Gasteiger partial charge in [-0.3, -0.25) is 9.88 Å². The van der Waals surface area contributed by atoms with Crippen molar-refractivity contribution in [3.05, 3.63) is 66.0 Å². The number of aliphatic hydroxyl groups is 1. The predicted molar refractivity (Wildman–Crippen MR) is 102 cm³/mol. The molecule has 2 aromatic rings. The molecule has 0 radical (unpaired) electrons. The van der Waals surface area contributed by atoms with Crippen molar-refractivity contribution in [1.29, 1.82) is 0 Å². The Bertz CT molecular complexity index is 594. The van der Waals surface area contributed by atoms with Crippen LogP contribution in [0, 0.1) is 0 Å². The highest BCUT2D eigenvalue weighted by Crippen LogP contribution is 2.33. The molecule has 3 rings (SSSR count). The molecule has 1 saturated heterocycles. The number of benzene rings is 1. The highest BCUT2D eigenvalue weighted by molar-refractivity contribution is 5.31. The zero-order chi connectivity index (χ0) is 17.7. The minimum atomic E-state index is -1.02. The second kappa shape index (κ2) is 8.11. The van der Waals surface area contributed by atoms with Crippen LogP contribution in [-0.2, 0) is 5.60 Å². The van der Waals surface area contributed by atoms with E-state index in [-0.39, 0.29) is 0 Å². The van der Waals surface area contributed by atoms with Gasteiger partial charge in [0.15, 0.2) is 0 Å². The van der Waals surface area contributed by atoms with E-state index in [2.05, 4.69) is 23.7 Å². The number of likely N-dealkylation sites (tertiary alicyclic amines) is 1. The Kier molecular flexibility index (Phi) is 5.87. The van der Waals surface area contributed by atoms with Gasteiger partial charge < -0.3 is 5.11 Å². The lowest BCUT2D eigenvalue weighted by Gasteiger charge is -2.39. The van der Waals surface area contributed by atoms with Crippen LogP contribution in [0.4, 0.5) is 0 Å². The monoisotopic (exact) mass is 338 g/mol. The number of nitrogens with zero attached hydrogens (tertiary/aromatic N) is 2. The summed E-state index contributed by atoms with van der Waals surface area (Å²) in [6.45, 7) is 5.69. The van der Waals surface area contributed by atoms with Gasteiger partial charge in [-0.2, -0.15) is 0 Å². The van der Waals surface area contributed by atoms with E-state index in [9.17, 15) is 5.11 Å². The third-order valence-corrected chi connectivity index (χ3v) is 5.67. The van der Waals surface area contributed by atoms with Gasteiger partial charge in [-0.05, 0) is 63.8 Å². The normalized spacial score (nSPS) is 24.0. The first kappa shape index (κ1) is 18.1. The second-order valence-electron chi connectivity index (χ2n) is 7.41. The molecule has 0 bridgehead atoms. The van der Waals surface area contributed by atoms with E-state index in [1.807, 2.05) is 48.5 Å². The van der Waals surface area contributed by atoms with Crippen LogP contribution in [0.3, 0.4) is 0 Å². The Morgan fingerprint density at radius 2 is 1.72 bits per heavy atom. The molecule has 0 spiro atoms. The van der Waals surface area contributed by atoms with Gasteiger partial charge in [0.1, 0.15) is 5.60 Å². The topological polar surface area (TPSA) is 36.4 Å². The summed E-state index contributed by atoms with van der Waals surface area (Å²) >= 11 is 0. The van der Waals surface area contributed by atoms with Gasteiger partial charge >= 0.3 is 0 Å². The van der Waals surface area contributed by atoms with Crippen molar-refractivity contribution < 1.29 is 5.11 Å². The van der Waals surface area contributed by atoms with E-state index in [0.29, 0.717) is 18.5 Å². The number of rotatable bonds is 6. The summed E-state index contributed by atoms with van der Waals surface area (Å²) < 4.78 is 0. The molecule has 1 aromatic heterocycles. The fraction of sp³-hybridized carbons (Fsp3) is 0.500. The number of hydrogen-bond acceptors (Lipinski definition) is 3. The average molecular weight is 338 g/mol. The Hall–Kier alpha value is -1.71. The van der Waals surface area contributed by atoms with Crippen molar-refractivity contribution in [3.63, 3.8) is 0 Å². The molecular formula is C22H30N2O. The summed E-state index contributed by atoms with van der Waals surface area (Å²) in [5, 5.41) is 11.5. The summed E-state index contributed by atoms with van der Waals surface area (Å²) in [6, 6.07) is 17.0. The molecule has 134 valence electrons. The molecule has 2 heterocycles. The van der Waals surface area contributed by atoms with Crippen LogP contribution in [0.5, 0.6) is 0 Å². The van der Waals surface area contributed by atoms with E-state index >= 15 is 0 Å². The zero-order valence-electron chi connectivity index (χ0n) is 15.4. The van der Waals surface area contributed by atoms with Crippen molar-refractivity contribution >= 4 is 0 Å². The van der Waals surface area contributed by atoms with Crippen LogP contribution < -0.4 is 0 Å². The lowest BCUT2D eigenvalue weighted by Crippen LogP contribution is -2.44. The first-order valence-electron chi connectivity index (χ1n) is 9.56. The fourth-order valence-corrected chi connectivity index (χ4v) is 4.17. The summed E-state index contributed by atoms with van der Waals surface area (Å²) in [5.74, 6) is 0. The van der Waals surface area contributed by atoms with Crippen LogP contribution in [0.2, 0.25) is 0 Å². The van der Waals surface area contributed by atoms with E-state index in [4.69, 9.17) is 0 Å². The number of piperidine rings is 1. The molecule has 1 aromatic carbocycles. The molecule has 0 amide bonds. The van der Waals surface area contributed by atoms with Crippen molar-refractivity contribution in [1.82, 2.24) is 9.88 Å². The number of hydrogen-bond donors (Lipinski definition) is 1. The standard InChI is InChI=1S/C22H30N2O/c1-18-10-8-11-19(2)24(18)17-9-15-22(25,20-12-4-3-5-13-20)21-14-6-7-16-23-21/h3-7,12-14,16,18-19,25H,8-11,15,17H2,1-2H3/t18-,19+,22?. The highest BCUT2D eigenvalue weighted by atomic mass is 16.3. The molecule has 0 saturated carbocycles. The van der Waals surface area contributed by atoms with E-state index < -0.39 is 5.60 Å². The van der Waals surface area contributed by atoms with Crippen LogP contribution >= 0.6 is 0 Å². The molecule has 1 aliphatic heterocycles. The predicted octanol–water partition coefficient (Wildman–Crippen LogP) is 4.36. The largest absolute Gasteiger partial charge is 0.379 e. The Labute approximate surface area is 151 Å². The quantitative estimate of drug-likeness (QED) is 0.850. The Morgan fingerprint density at radius 3 is 2.36 bits per heavy atom. The lowest BCUT2D eigenvalue weighted by molar-refractivity contribution is 0.0489. The summed E-state index contributed by atoms with van der Waals surface area (Å²) in [6.07, 6.45) is 7.31. The fourth-order valence-electron chi connectivity index (χ4n) is 4.17. The molecule has 25 heavy (non-hydrogen) atoms. The van der Waals surface area contributed by atoms with Gasteiger partial charge in [-0.15, -0.1) is 0 Å².